The number of para-hydroxylation sites is 2. The van der Waals surface area contributed by atoms with Crippen molar-refractivity contribution in [2.24, 2.45) is 0 Å². The van der Waals surface area contributed by atoms with E-state index in [4.69, 9.17) is 14.4 Å². The smallest absolute Gasteiger partial charge is 0.160 e. The first kappa shape index (κ1) is 34.4. The minimum absolute atomic E-state index is 0.673. The summed E-state index contributed by atoms with van der Waals surface area (Å²) in [4.78, 5) is 10.5. The quantitative estimate of drug-likeness (QED) is 0.163. The van der Waals surface area contributed by atoms with Gasteiger partial charge < -0.3 is 4.42 Å². The molecule has 9 aromatic carbocycles. The Bertz CT molecular complexity index is 3330. The molecule has 2 heterocycles. The van der Waals surface area contributed by atoms with E-state index >= 15 is 0 Å². The minimum Gasteiger partial charge on any atom is -0.455 e. The number of furan rings is 1. The van der Waals surface area contributed by atoms with Crippen LogP contribution in [0, 0.1) is 0 Å². The Morgan fingerprint density at radius 2 is 0.814 bits per heavy atom. The van der Waals surface area contributed by atoms with Gasteiger partial charge in [0.05, 0.1) is 11.4 Å². The van der Waals surface area contributed by atoms with Gasteiger partial charge >= 0.3 is 0 Å². The van der Waals surface area contributed by atoms with E-state index < -0.39 is 0 Å². The lowest BCUT2D eigenvalue weighted by molar-refractivity contribution is 0.670. The molecule has 0 fully saturated rings. The van der Waals surface area contributed by atoms with E-state index in [1.165, 1.54) is 21.9 Å². The van der Waals surface area contributed by atoms with Crippen molar-refractivity contribution in [3.05, 3.63) is 218 Å². The molecule has 0 unspecified atom stereocenters. The summed E-state index contributed by atoms with van der Waals surface area (Å²) in [6.07, 6.45) is 0. The molecule has 11 aromatic rings. The highest BCUT2D eigenvalue weighted by atomic mass is 16.3. The Hall–Kier alpha value is -7.88. The van der Waals surface area contributed by atoms with Crippen molar-refractivity contribution < 1.29 is 4.42 Å². The summed E-state index contributed by atoms with van der Waals surface area (Å²) >= 11 is 0. The van der Waals surface area contributed by atoms with Crippen LogP contribution in [0.4, 0.5) is 0 Å². The van der Waals surface area contributed by atoms with Crippen LogP contribution >= 0.6 is 0 Å². The molecule has 0 saturated carbocycles. The molecular weight excluding hydrogens is 717 g/mol. The van der Waals surface area contributed by atoms with Crippen LogP contribution in [-0.4, -0.2) is 9.97 Å². The molecule has 276 valence electrons. The molecule has 0 radical (unpaired) electrons. The number of aromatic nitrogens is 2. The molecule has 0 spiro atoms. The largest absolute Gasteiger partial charge is 0.455 e. The molecule has 3 heteroatoms. The number of hydrogen-bond donors (Lipinski definition) is 0. The Balaban J connectivity index is 1.10. The lowest BCUT2D eigenvalue weighted by atomic mass is 9.92. The zero-order chi connectivity index (χ0) is 39.1. The summed E-state index contributed by atoms with van der Waals surface area (Å²) in [6, 6.07) is 77.0. The molecule has 0 atom stereocenters. The van der Waals surface area contributed by atoms with Crippen LogP contribution in [0.15, 0.2) is 223 Å². The van der Waals surface area contributed by atoms with E-state index in [0.717, 1.165) is 83.4 Å². The first-order chi connectivity index (χ1) is 29.2. The third kappa shape index (κ3) is 6.55. The van der Waals surface area contributed by atoms with Crippen molar-refractivity contribution >= 4 is 32.7 Å². The SMILES string of the molecule is c1ccc(-c2cccc(-c3cccc(-c4cc(-c5cc(-c6ccc7ccccc7c6)cc(-c6cccc7c6oc6ccccc67)c5)nc(-c5ccccc5)n4)c3)c2)cc1. The summed E-state index contributed by atoms with van der Waals surface area (Å²) in [6.45, 7) is 0. The molecule has 0 N–H and O–H groups in total. The predicted octanol–water partition coefficient (Wildman–Crippen LogP) is 15.2. The first-order valence-corrected chi connectivity index (χ1v) is 20.0. The van der Waals surface area contributed by atoms with E-state index in [2.05, 4.69) is 188 Å². The number of fused-ring (bicyclic) bond motifs is 4. The van der Waals surface area contributed by atoms with E-state index in [1.807, 2.05) is 30.3 Å². The van der Waals surface area contributed by atoms with Crippen molar-refractivity contribution in [1.29, 1.82) is 0 Å². The van der Waals surface area contributed by atoms with E-state index in [0.29, 0.717) is 5.82 Å². The van der Waals surface area contributed by atoms with Crippen molar-refractivity contribution in [1.82, 2.24) is 9.97 Å². The van der Waals surface area contributed by atoms with Crippen molar-refractivity contribution in [3.8, 4) is 78.4 Å². The molecule has 0 saturated heterocycles. The van der Waals surface area contributed by atoms with Crippen LogP contribution < -0.4 is 0 Å². The van der Waals surface area contributed by atoms with Gasteiger partial charge in [0.1, 0.15) is 11.2 Å². The maximum Gasteiger partial charge on any atom is 0.160 e. The zero-order valence-corrected chi connectivity index (χ0v) is 32.1. The summed E-state index contributed by atoms with van der Waals surface area (Å²) in [5, 5.41) is 4.61. The highest BCUT2D eigenvalue weighted by molar-refractivity contribution is 6.10. The molecule has 59 heavy (non-hydrogen) atoms. The average Bonchev–Trinajstić information content (AvgIpc) is 3.71. The summed E-state index contributed by atoms with van der Waals surface area (Å²) in [5.74, 6) is 0.673. The topological polar surface area (TPSA) is 38.9 Å². The number of hydrogen-bond acceptors (Lipinski definition) is 3. The first-order valence-electron chi connectivity index (χ1n) is 20.0. The second-order valence-electron chi connectivity index (χ2n) is 15.0. The second-order valence-corrected chi connectivity index (χ2v) is 15.0. The Morgan fingerprint density at radius 3 is 1.61 bits per heavy atom. The molecule has 0 aliphatic carbocycles. The van der Waals surface area contributed by atoms with E-state index in [1.54, 1.807) is 0 Å². The maximum absolute atomic E-state index is 6.60. The van der Waals surface area contributed by atoms with Gasteiger partial charge in [-0.1, -0.05) is 170 Å². The summed E-state index contributed by atoms with van der Waals surface area (Å²) < 4.78 is 6.60. The molecule has 0 aliphatic rings. The van der Waals surface area contributed by atoms with Gasteiger partial charge in [-0.2, -0.15) is 0 Å². The molecule has 3 nitrogen and oxygen atoms in total. The van der Waals surface area contributed by atoms with Crippen molar-refractivity contribution in [2.75, 3.05) is 0 Å². The van der Waals surface area contributed by atoms with Gasteiger partial charge in [0.25, 0.3) is 0 Å². The fourth-order valence-corrected chi connectivity index (χ4v) is 8.27. The Kier molecular flexibility index (Phi) is 8.49. The number of nitrogens with zero attached hydrogens (tertiary/aromatic N) is 2. The van der Waals surface area contributed by atoms with Gasteiger partial charge in [0, 0.05) is 33.0 Å². The molecule has 2 aromatic heterocycles. The van der Waals surface area contributed by atoms with E-state index in [9.17, 15) is 0 Å². The van der Waals surface area contributed by atoms with Crippen LogP contribution in [-0.2, 0) is 0 Å². The van der Waals surface area contributed by atoms with Crippen LogP contribution in [0.3, 0.4) is 0 Å². The van der Waals surface area contributed by atoms with Crippen molar-refractivity contribution in [2.45, 2.75) is 0 Å². The van der Waals surface area contributed by atoms with Crippen LogP contribution in [0.5, 0.6) is 0 Å². The fourth-order valence-electron chi connectivity index (χ4n) is 8.27. The number of rotatable bonds is 7. The number of benzene rings is 9. The average molecular weight is 753 g/mol. The van der Waals surface area contributed by atoms with Gasteiger partial charge in [-0.25, -0.2) is 9.97 Å². The van der Waals surface area contributed by atoms with Crippen LogP contribution in [0.2, 0.25) is 0 Å². The molecule has 11 rings (SSSR count). The maximum atomic E-state index is 6.60. The highest BCUT2D eigenvalue weighted by Gasteiger charge is 2.17. The molecule has 0 aliphatic heterocycles. The Labute approximate surface area is 342 Å². The molecular formula is C56H36N2O. The van der Waals surface area contributed by atoms with Gasteiger partial charge in [-0.05, 0) is 98.2 Å². The predicted molar refractivity (Wildman–Crippen MR) is 245 cm³/mol. The van der Waals surface area contributed by atoms with Crippen LogP contribution in [0.25, 0.3) is 111 Å². The normalized spacial score (nSPS) is 11.4. The minimum atomic E-state index is 0.673. The fraction of sp³-hybridized carbons (Fsp3) is 0. The summed E-state index contributed by atoms with van der Waals surface area (Å²) in [5.41, 5.74) is 15.4. The lowest BCUT2D eigenvalue weighted by Crippen LogP contribution is -1.97. The van der Waals surface area contributed by atoms with Gasteiger partial charge in [-0.15, -0.1) is 0 Å². The monoisotopic (exact) mass is 752 g/mol. The zero-order valence-electron chi connectivity index (χ0n) is 32.1. The van der Waals surface area contributed by atoms with Gasteiger partial charge in [0.2, 0.25) is 0 Å². The second kappa shape index (κ2) is 14.6. The third-order valence-electron chi connectivity index (χ3n) is 11.2. The lowest BCUT2D eigenvalue weighted by Gasteiger charge is -2.14. The van der Waals surface area contributed by atoms with E-state index in [-0.39, 0.29) is 0 Å². The van der Waals surface area contributed by atoms with Crippen LogP contribution in [0.1, 0.15) is 0 Å². The highest BCUT2D eigenvalue weighted by Crippen LogP contribution is 2.40. The summed E-state index contributed by atoms with van der Waals surface area (Å²) in [7, 11) is 0. The van der Waals surface area contributed by atoms with Crippen molar-refractivity contribution in [3.63, 3.8) is 0 Å². The van der Waals surface area contributed by atoms with Gasteiger partial charge in [0.15, 0.2) is 5.82 Å². The molecule has 0 bridgehead atoms. The Morgan fingerprint density at radius 1 is 0.288 bits per heavy atom. The third-order valence-corrected chi connectivity index (χ3v) is 11.2. The molecule has 0 amide bonds. The standard InChI is InChI=1S/C56H36N2O/c1-3-14-37(15-4-1)41-20-11-21-42(30-41)43-22-12-23-45(32-43)52-36-53(58-56(57-52)39-17-5-2-6-18-39)48-34-46(44-29-28-38-16-7-8-19-40(38)31-44)33-47(35-48)49-25-13-26-51-50-24-9-10-27-54(50)59-55(49)51/h1-36H. The van der Waals surface area contributed by atoms with Gasteiger partial charge in [-0.3, -0.25) is 0 Å².